The summed E-state index contributed by atoms with van der Waals surface area (Å²) in [5.74, 6) is 1.87. The quantitative estimate of drug-likeness (QED) is 0.629. The summed E-state index contributed by atoms with van der Waals surface area (Å²) in [6, 6.07) is 0. The molecule has 2 nitrogen and oxygen atoms in total. The zero-order valence-corrected chi connectivity index (χ0v) is 13.1. The Morgan fingerprint density at radius 1 is 1.29 bits per heavy atom. The van der Waals surface area contributed by atoms with Crippen LogP contribution >= 0.6 is 24.0 Å². The summed E-state index contributed by atoms with van der Waals surface area (Å²) in [4.78, 5) is 13.5. The first-order valence-electron chi connectivity index (χ1n) is 6.33. The van der Waals surface area contributed by atoms with Crippen LogP contribution in [-0.2, 0) is 4.79 Å². The Morgan fingerprint density at radius 3 is 2.47 bits per heavy atom. The second-order valence-corrected chi connectivity index (χ2v) is 6.46. The minimum atomic E-state index is 0.377. The number of rotatable bonds is 8. The van der Waals surface area contributed by atoms with Gasteiger partial charge in [0.1, 0.15) is 10.1 Å². The molecule has 17 heavy (non-hydrogen) atoms. The lowest BCUT2D eigenvalue weighted by atomic mass is 9.98. The molecule has 0 aromatic heterocycles. The number of thiocarbonyl (C=S) groups is 1. The van der Waals surface area contributed by atoms with Crippen molar-refractivity contribution < 1.29 is 4.79 Å². The van der Waals surface area contributed by atoms with Gasteiger partial charge in [-0.1, -0.05) is 50.7 Å². The average Bonchev–Trinajstić information content (AvgIpc) is 2.26. The van der Waals surface area contributed by atoms with Crippen LogP contribution in [0.15, 0.2) is 0 Å². The van der Waals surface area contributed by atoms with E-state index in [0.29, 0.717) is 18.1 Å². The predicted octanol–water partition coefficient (Wildman–Crippen LogP) is 3.74. The van der Waals surface area contributed by atoms with Crippen LogP contribution < -0.4 is 0 Å². The van der Waals surface area contributed by atoms with Gasteiger partial charge in [-0.25, -0.2) is 0 Å². The Kier molecular flexibility index (Phi) is 9.84. The molecule has 1 unspecified atom stereocenters. The van der Waals surface area contributed by atoms with Crippen molar-refractivity contribution >= 4 is 34.1 Å². The van der Waals surface area contributed by atoms with E-state index < -0.39 is 0 Å². The maximum atomic E-state index is 11.6. The van der Waals surface area contributed by atoms with E-state index in [-0.39, 0.29) is 0 Å². The van der Waals surface area contributed by atoms with Gasteiger partial charge in [0.25, 0.3) is 0 Å². The Hall–Kier alpha value is -0.0900. The van der Waals surface area contributed by atoms with Crippen molar-refractivity contribution in [2.24, 2.45) is 5.92 Å². The van der Waals surface area contributed by atoms with E-state index in [9.17, 15) is 4.79 Å². The number of Topliss-reactive ketones (excluding diaryl/α,β-unsaturated/α-hetero) is 1. The molecule has 0 heterocycles. The van der Waals surface area contributed by atoms with Gasteiger partial charge in [0.2, 0.25) is 0 Å². The van der Waals surface area contributed by atoms with E-state index in [1.807, 2.05) is 19.0 Å². The van der Waals surface area contributed by atoms with Crippen LogP contribution in [0, 0.1) is 5.92 Å². The maximum absolute atomic E-state index is 11.6. The highest BCUT2D eigenvalue weighted by Crippen LogP contribution is 2.14. The van der Waals surface area contributed by atoms with E-state index in [0.717, 1.165) is 22.9 Å². The van der Waals surface area contributed by atoms with Crippen LogP contribution in [0.4, 0.5) is 0 Å². The van der Waals surface area contributed by atoms with Crippen LogP contribution in [0.25, 0.3) is 0 Å². The lowest BCUT2D eigenvalue weighted by molar-refractivity contribution is -0.118. The topological polar surface area (TPSA) is 20.3 Å². The highest BCUT2D eigenvalue weighted by Gasteiger charge is 2.07. The van der Waals surface area contributed by atoms with Crippen molar-refractivity contribution in [1.29, 1.82) is 0 Å². The summed E-state index contributed by atoms with van der Waals surface area (Å²) in [5.41, 5.74) is 0. The number of carbonyl (C=O) groups is 1. The van der Waals surface area contributed by atoms with Crippen LogP contribution in [0.1, 0.15) is 46.0 Å². The van der Waals surface area contributed by atoms with Crippen LogP contribution in [-0.4, -0.2) is 34.9 Å². The zero-order chi connectivity index (χ0) is 13.3. The first-order chi connectivity index (χ1) is 7.97. The smallest absolute Gasteiger partial charge is 0.135 e. The molecule has 0 amide bonds. The molecule has 0 saturated carbocycles. The molecule has 1 atom stereocenters. The summed E-state index contributed by atoms with van der Waals surface area (Å²) in [7, 11) is 3.87. The van der Waals surface area contributed by atoms with Gasteiger partial charge in [-0.05, 0) is 12.3 Å². The van der Waals surface area contributed by atoms with Gasteiger partial charge in [0, 0.05) is 32.7 Å². The molecule has 0 aliphatic rings. The minimum Gasteiger partial charge on any atom is -0.364 e. The van der Waals surface area contributed by atoms with Gasteiger partial charge in [-0.3, -0.25) is 4.79 Å². The van der Waals surface area contributed by atoms with Gasteiger partial charge in [0.15, 0.2) is 0 Å². The molecule has 0 bridgehead atoms. The van der Waals surface area contributed by atoms with Crippen molar-refractivity contribution in [2.75, 3.05) is 19.8 Å². The SMILES string of the molecule is CCCC(C)CCC(=O)CCSC(=S)N(C)C. The third kappa shape index (κ3) is 9.60. The third-order valence-corrected chi connectivity index (χ3v) is 4.41. The number of hydrogen-bond acceptors (Lipinski definition) is 3. The fourth-order valence-electron chi connectivity index (χ4n) is 1.55. The van der Waals surface area contributed by atoms with E-state index in [1.165, 1.54) is 12.8 Å². The molecule has 0 spiro atoms. The summed E-state index contributed by atoms with van der Waals surface area (Å²) in [5, 5.41) is 0. The molecule has 0 aliphatic carbocycles. The monoisotopic (exact) mass is 275 g/mol. The van der Waals surface area contributed by atoms with Gasteiger partial charge in [-0.15, -0.1) is 0 Å². The standard InChI is InChI=1S/C13H25NOS2/c1-5-6-11(2)7-8-12(15)9-10-17-13(16)14(3)4/h11H,5-10H2,1-4H3. The average molecular weight is 275 g/mol. The predicted molar refractivity (Wildman–Crippen MR) is 81.7 cm³/mol. The van der Waals surface area contributed by atoms with Crippen molar-refractivity contribution in [3.63, 3.8) is 0 Å². The van der Waals surface area contributed by atoms with Gasteiger partial charge in [0.05, 0.1) is 0 Å². The van der Waals surface area contributed by atoms with Crippen molar-refractivity contribution in [1.82, 2.24) is 4.90 Å². The Balaban J connectivity index is 3.56. The molecule has 4 heteroatoms. The lowest BCUT2D eigenvalue weighted by Crippen LogP contribution is -2.16. The Bertz CT molecular complexity index is 242. The maximum Gasteiger partial charge on any atom is 0.135 e. The molecule has 0 N–H and O–H groups in total. The molecule has 100 valence electrons. The van der Waals surface area contributed by atoms with Crippen molar-refractivity contribution in [3.05, 3.63) is 0 Å². The minimum absolute atomic E-state index is 0.377. The summed E-state index contributed by atoms with van der Waals surface area (Å²) in [6.07, 6.45) is 4.86. The van der Waals surface area contributed by atoms with Gasteiger partial charge < -0.3 is 4.90 Å². The summed E-state index contributed by atoms with van der Waals surface area (Å²) >= 11 is 6.74. The fraction of sp³-hybridized carbons (Fsp3) is 0.846. The fourth-order valence-corrected chi connectivity index (χ4v) is 2.56. The molecular formula is C13H25NOS2. The highest BCUT2D eigenvalue weighted by atomic mass is 32.2. The number of nitrogens with zero attached hydrogens (tertiary/aromatic N) is 1. The normalized spacial score (nSPS) is 12.2. The molecule has 0 aliphatic heterocycles. The van der Waals surface area contributed by atoms with Crippen molar-refractivity contribution in [2.45, 2.75) is 46.0 Å². The number of ketones is 1. The largest absolute Gasteiger partial charge is 0.364 e. The molecule has 0 radical (unpaired) electrons. The lowest BCUT2D eigenvalue weighted by Gasteiger charge is -2.12. The van der Waals surface area contributed by atoms with Gasteiger partial charge in [-0.2, -0.15) is 0 Å². The summed E-state index contributed by atoms with van der Waals surface area (Å²) < 4.78 is 0.858. The Morgan fingerprint density at radius 2 is 1.94 bits per heavy atom. The van der Waals surface area contributed by atoms with Crippen LogP contribution in [0.5, 0.6) is 0 Å². The highest BCUT2D eigenvalue weighted by molar-refractivity contribution is 8.22. The van der Waals surface area contributed by atoms with E-state index in [1.54, 1.807) is 11.8 Å². The number of carbonyl (C=O) groups excluding carboxylic acids is 1. The molecule has 0 rings (SSSR count). The van der Waals surface area contributed by atoms with Gasteiger partial charge >= 0.3 is 0 Å². The van der Waals surface area contributed by atoms with Crippen LogP contribution in [0.2, 0.25) is 0 Å². The van der Waals surface area contributed by atoms with Crippen molar-refractivity contribution in [3.8, 4) is 0 Å². The first-order valence-corrected chi connectivity index (χ1v) is 7.72. The summed E-state index contributed by atoms with van der Waals surface area (Å²) in [6.45, 7) is 4.42. The number of thioether (sulfide) groups is 1. The molecule has 0 aromatic carbocycles. The molecule has 0 fully saturated rings. The zero-order valence-electron chi connectivity index (χ0n) is 11.5. The molecule has 0 aromatic rings. The molecular weight excluding hydrogens is 250 g/mol. The number of hydrogen-bond donors (Lipinski definition) is 0. The second-order valence-electron chi connectivity index (χ2n) is 4.73. The second kappa shape index (κ2) is 9.89. The third-order valence-electron chi connectivity index (χ3n) is 2.67. The van der Waals surface area contributed by atoms with Crippen LogP contribution in [0.3, 0.4) is 0 Å². The van der Waals surface area contributed by atoms with E-state index in [4.69, 9.17) is 12.2 Å². The van der Waals surface area contributed by atoms with E-state index in [2.05, 4.69) is 13.8 Å². The van der Waals surface area contributed by atoms with E-state index >= 15 is 0 Å². The Labute approximate surface area is 116 Å². The molecule has 0 saturated heterocycles. The first kappa shape index (κ1) is 16.9.